The van der Waals surface area contributed by atoms with E-state index in [9.17, 15) is 9.90 Å². The lowest BCUT2D eigenvalue weighted by atomic mass is 9.86. The zero-order chi connectivity index (χ0) is 17.0. The molecule has 2 aliphatic rings. The topological polar surface area (TPSA) is 52.6 Å². The van der Waals surface area contributed by atoms with Crippen LogP contribution in [-0.2, 0) is 10.2 Å². The second kappa shape index (κ2) is 7.66. The highest BCUT2D eigenvalue weighted by Crippen LogP contribution is 2.47. The first-order valence-electron chi connectivity index (χ1n) is 9.26. The summed E-state index contributed by atoms with van der Waals surface area (Å²) in [7, 11) is 2.05. The number of carbonyl (C=O) groups excluding carboxylic acids is 1. The van der Waals surface area contributed by atoms with Gasteiger partial charge in [-0.3, -0.25) is 9.69 Å². The van der Waals surface area contributed by atoms with Gasteiger partial charge in [-0.15, -0.1) is 0 Å². The average Bonchev–Trinajstić information content (AvgIpc) is 3.42. The van der Waals surface area contributed by atoms with Crippen molar-refractivity contribution in [3.63, 3.8) is 0 Å². The Labute approximate surface area is 145 Å². The molecule has 2 saturated carbocycles. The summed E-state index contributed by atoms with van der Waals surface area (Å²) in [6.45, 7) is 1.53. The Bertz CT molecular complexity index is 534. The highest BCUT2D eigenvalue weighted by molar-refractivity contribution is 5.78. The van der Waals surface area contributed by atoms with E-state index >= 15 is 0 Å². The number of carbonyl (C=O) groups is 1. The van der Waals surface area contributed by atoms with Gasteiger partial charge in [-0.1, -0.05) is 30.3 Å². The number of benzene rings is 1. The molecule has 2 aliphatic carbocycles. The van der Waals surface area contributed by atoms with Crippen LogP contribution in [0.15, 0.2) is 30.3 Å². The fraction of sp³-hybridized carbons (Fsp3) is 0.650. The van der Waals surface area contributed by atoms with Crippen LogP contribution in [0.2, 0.25) is 0 Å². The van der Waals surface area contributed by atoms with Gasteiger partial charge in [0, 0.05) is 24.6 Å². The van der Waals surface area contributed by atoms with Crippen molar-refractivity contribution in [3.8, 4) is 0 Å². The highest BCUT2D eigenvalue weighted by Gasteiger charge is 2.44. The number of aliphatic hydroxyl groups is 1. The minimum Gasteiger partial charge on any atom is -0.396 e. The number of hydrogen-bond acceptors (Lipinski definition) is 3. The molecule has 0 atom stereocenters. The van der Waals surface area contributed by atoms with Crippen molar-refractivity contribution in [2.24, 2.45) is 5.92 Å². The lowest BCUT2D eigenvalue weighted by Gasteiger charge is -2.33. The van der Waals surface area contributed by atoms with E-state index in [2.05, 4.69) is 34.5 Å². The van der Waals surface area contributed by atoms with Gasteiger partial charge in [-0.05, 0) is 57.1 Å². The molecule has 0 heterocycles. The Balaban J connectivity index is 1.43. The maximum absolute atomic E-state index is 12.3. The first-order chi connectivity index (χ1) is 11.6. The highest BCUT2D eigenvalue weighted by atomic mass is 16.3. The van der Waals surface area contributed by atoms with Gasteiger partial charge in [0.15, 0.2) is 0 Å². The first kappa shape index (κ1) is 17.4. The minimum absolute atomic E-state index is 0.129. The number of amides is 1. The van der Waals surface area contributed by atoms with Crippen molar-refractivity contribution in [3.05, 3.63) is 35.9 Å². The van der Waals surface area contributed by atoms with Crippen molar-refractivity contribution < 1.29 is 9.90 Å². The maximum atomic E-state index is 12.3. The second-order valence-electron chi connectivity index (χ2n) is 7.70. The van der Waals surface area contributed by atoms with Crippen LogP contribution in [0.1, 0.15) is 44.1 Å². The zero-order valence-electron chi connectivity index (χ0n) is 14.7. The molecule has 2 fully saturated rings. The molecule has 0 radical (unpaired) electrons. The van der Waals surface area contributed by atoms with Crippen LogP contribution in [0.25, 0.3) is 0 Å². The summed E-state index contributed by atoms with van der Waals surface area (Å²) in [6, 6.07) is 11.0. The third-order valence-electron chi connectivity index (χ3n) is 5.95. The Morgan fingerprint density at radius 2 is 1.88 bits per heavy atom. The van der Waals surface area contributed by atoms with E-state index in [-0.39, 0.29) is 11.3 Å². The van der Waals surface area contributed by atoms with Gasteiger partial charge in [0.1, 0.15) is 0 Å². The largest absolute Gasteiger partial charge is 0.396 e. The normalized spacial score (nSPS) is 25.5. The van der Waals surface area contributed by atoms with Crippen molar-refractivity contribution in [2.75, 3.05) is 26.7 Å². The Morgan fingerprint density at radius 1 is 1.21 bits per heavy atom. The number of rotatable bonds is 7. The smallest absolute Gasteiger partial charge is 0.234 e. The molecule has 2 N–H and O–H groups in total. The van der Waals surface area contributed by atoms with Crippen LogP contribution < -0.4 is 5.32 Å². The summed E-state index contributed by atoms with van der Waals surface area (Å²) < 4.78 is 0. The molecule has 0 saturated heterocycles. The van der Waals surface area contributed by atoms with Gasteiger partial charge < -0.3 is 10.4 Å². The van der Waals surface area contributed by atoms with E-state index in [1.807, 2.05) is 13.1 Å². The van der Waals surface area contributed by atoms with Gasteiger partial charge in [-0.25, -0.2) is 0 Å². The molecule has 24 heavy (non-hydrogen) atoms. The number of aliphatic hydroxyl groups excluding tert-OH is 1. The molecule has 1 aromatic carbocycles. The second-order valence-corrected chi connectivity index (χ2v) is 7.70. The molecule has 0 bridgehead atoms. The molecule has 0 unspecified atom stereocenters. The van der Waals surface area contributed by atoms with Crippen molar-refractivity contribution in [2.45, 2.75) is 50.0 Å². The quantitative estimate of drug-likeness (QED) is 0.807. The zero-order valence-corrected chi connectivity index (χ0v) is 14.7. The van der Waals surface area contributed by atoms with Gasteiger partial charge in [0.05, 0.1) is 6.54 Å². The van der Waals surface area contributed by atoms with Crippen molar-refractivity contribution >= 4 is 5.91 Å². The van der Waals surface area contributed by atoms with Crippen molar-refractivity contribution in [1.29, 1.82) is 0 Å². The Morgan fingerprint density at radius 3 is 2.46 bits per heavy atom. The number of likely N-dealkylation sites (N-methyl/N-ethyl adjacent to an activating group) is 1. The predicted molar refractivity (Wildman–Crippen MR) is 95.8 cm³/mol. The lowest BCUT2D eigenvalue weighted by Crippen LogP contribution is -2.44. The first-order valence-corrected chi connectivity index (χ1v) is 9.26. The SMILES string of the molecule is CN(CC(=O)NCC1(c2ccccc2)CC1)C1CCC(CO)CC1. The average molecular weight is 330 g/mol. The molecule has 0 aromatic heterocycles. The third-order valence-corrected chi connectivity index (χ3v) is 5.95. The predicted octanol–water partition coefficient (Wildman–Crippen LogP) is 2.32. The monoisotopic (exact) mass is 330 g/mol. The molecule has 1 aromatic rings. The fourth-order valence-corrected chi connectivity index (χ4v) is 3.96. The summed E-state index contributed by atoms with van der Waals surface area (Å²) in [5, 5.41) is 12.4. The maximum Gasteiger partial charge on any atom is 0.234 e. The fourth-order valence-electron chi connectivity index (χ4n) is 3.96. The summed E-state index contributed by atoms with van der Waals surface area (Å²) in [4.78, 5) is 14.5. The van der Waals surface area contributed by atoms with E-state index < -0.39 is 0 Å². The summed E-state index contributed by atoms with van der Waals surface area (Å²) in [5.74, 6) is 0.591. The van der Waals surface area contributed by atoms with Gasteiger partial charge in [0.2, 0.25) is 5.91 Å². The number of nitrogens with zero attached hydrogens (tertiary/aromatic N) is 1. The van der Waals surface area contributed by atoms with Crippen molar-refractivity contribution in [1.82, 2.24) is 10.2 Å². The number of nitrogens with one attached hydrogen (secondary N) is 1. The number of hydrogen-bond donors (Lipinski definition) is 2. The third kappa shape index (κ3) is 4.17. The molecule has 4 heteroatoms. The summed E-state index contributed by atoms with van der Waals surface area (Å²) in [5.41, 5.74) is 1.52. The Kier molecular flexibility index (Phi) is 5.57. The van der Waals surface area contributed by atoms with E-state index in [4.69, 9.17) is 0 Å². The Hall–Kier alpha value is -1.39. The van der Waals surface area contributed by atoms with E-state index in [1.54, 1.807) is 0 Å². The van der Waals surface area contributed by atoms with Crippen LogP contribution in [0.5, 0.6) is 0 Å². The lowest BCUT2D eigenvalue weighted by molar-refractivity contribution is -0.122. The minimum atomic E-state index is 0.129. The summed E-state index contributed by atoms with van der Waals surface area (Å²) >= 11 is 0. The van der Waals surface area contributed by atoms with Crippen LogP contribution in [0.3, 0.4) is 0 Å². The standard InChI is InChI=1S/C20H30N2O2/c1-22(18-9-7-16(14-23)8-10-18)13-19(24)21-15-20(11-12-20)17-5-3-2-4-6-17/h2-6,16,18,23H,7-15H2,1H3,(H,21,24). The molecule has 3 rings (SSSR count). The van der Waals surface area contributed by atoms with E-state index in [0.29, 0.717) is 25.1 Å². The molecule has 0 aliphatic heterocycles. The van der Waals surface area contributed by atoms with Crippen LogP contribution in [0, 0.1) is 5.92 Å². The van der Waals surface area contributed by atoms with Gasteiger partial charge >= 0.3 is 0 Å². The molecule has 1 amide bonds. The molecule has 132 valence electrons. The van der Waals surface area contributed by atoms with E-state index in [1.165, 1.54) is 5.56 Å². The molecule has 4 nitrogen and oxygen atoms in total. The van der Waals surface area contributed by atoms with Gasteiger partial charge in [0.25, 0.3) is 0 Å². The van der Waals surface area contributed by atoms with Crippen LogP contribution >= 0.6 is 0 Å². The molecular formula is C20H30N2O2. The van der Waals surface area contributed by atoms with E-state index in [0.717, 1.165) is 45.1 Å². The molecular weight excluding hydrogens is 300 g/mol. The molecule has 0 spiro atoms. The summed E-state index contributed by atoms with van der Waals surface area (Å²) in [6.07, 6.45) is 6.65. The van der Waals surface area contributed by atoms with Crippen LogP contribution in [-0.4, -0.2) is 48.7 Å². The van der Waals surface area contributed by atoms with Crippen LogP contribution in [0.4, 0.5) is 0 Å². The van der Waals surface area contributed by atoms with Gasteiger partial charge in [-0.2, -0.15) is 0 Å².